The summed E-state index contributed by atoms with van der Waals surface area (Å²) in [5.74, 6) is 0.870. The summed E-state index contributed by atoms with van der Waals surface area (Å²) in [6.45, 7) is 7.85. The van der Waals surface area contributed by atoms with Crippen molar-refractivity contribution < 1.29 is 0 Å². The predicted molar refractivity (Wildman–Crippen MR) is 88.4 cm³/mol. The molecule has 2 nitrogen and oxygen atoms in total. The molecule has 1 aromatic rings. The minimum absolute atomic E-state index is 0.416. The highest BCUT2D eigenvalue weighted by atomic mass is 15.1. The van der Waals surface area contributed by atoms with Crippen molar-refractivity contribution in [3.63, 3.8) is 0 Å². The van der Waals surface area contributed by atoms with Crippen LogP contribution in [0.5, 0.6) is 0 Å². The van der Waals surface area contributed by atoms with Crippen LogP contribution in [0, 0.1) is 5.92 Å². The van der Waals surface area contributed by atoms with Crippen LogP contribution in [-0.4, -0.2) is 19.6 Å². The molecule has 1 aliphatic carbocycles. The molecule has 1 N–H and O–H groups in total. The highest BCUT2D eigenvalue weighted by Crippen LogP contribution is 2.33. The van der Waals surface area contributed by atoms with E-state index in [0.29, 0.717) is 12.1 Å². The Hall–Kier alpha value is -1.02. The lowest BCUT2D eigenvalue weighted by atomic mass is 9.86. The van der Waals surface area contributed by atoms with Crippen LogP contribution in [0.3, 0.4) is 0 Å². The molecule has 2 rings (SSSR count). The zero-order valence-electron chi connectivity index (χ0n) is 13.5. The number of hydrogen-bond acceptors (Lipinski definition) is 2. The quantitative estimate of drug-likeness (QED) is 0.857. The first kappa shape index (κ1) is 15.4. The SMILES string of the molecule is CCNC(C)c1ccccc1N(C)C1CCCC(C)C1. The molecule has 0 amide bonds. The summed E-state index contributed by atoms with van der Waals surface area (Å²) in [5.41, 5.74) is 2.83. The summed E-state index contributed by atoms with van der Waals surface area (Å²) in [5, 5.41) is 3.54. The first-order valence-corrected chi connectivity index (χ1v) is 8.18. The highest BCUT2D eigenvalue weighted by Gasteiger charge is 2.24. The second-order valence-corrected chi connectivity index (χ2v) is 6.37. The van der Waals surface area contributed by atoms with Crippen molar-refractivity contribution in [2.75, 3.05) is 18.5 Å². The van der Waals surface area contributed by atoms with Gasteiger partial charge in [-0.1, -0.05) is 44.9 Å². The van der Waals surface area contributed by atoms with E-state index < -0.39 is 0 Å². The summed E-state index contributed by atoms with van der Waals surface area (Å²) < 4.78 is 0. The normalized spacial score (nSPS) is 24.4. The van der Waals surface area contributed by atoms with E-state index in [4.69, 9.17) is 0 Å². The molecule has 1 saturated carbocycles. The Labute approximate surface area is 124 Å². The van der Waals surface area contributed by atoms with Crippen LogP contribution >= 0.6 is 0 Å². The zero-order valence-corrected chi connectivity index (χ0v) is 13.5. The molecule has 0 aliphatic heterocycles. The average molecular weight is 274 g/mol. The van der Waals surface area contributed by atoms with Crippen molar-refractivity contribution >= 4 is 5.69 Å². The monoisotopic (exact) mass is 274 g/mol. The zero-order chi connectivity index (χ0) is 14.5. The Morgan fingerprint density at radius 1 is 1.30 bits per heavy atom. The Bertz CT molecular complexity index is 416. The molecular formula is C18H30N2. The van der Waals surface area contributed by atoms with Crippen molar-refractivity contribution in [1.82, 2.24) is 5.32 Å². The van der Waals surface area contributed by atoms with Crippen LogP contribution in [0.25, 0.3) is 0 Å². The van der Waals surface area contributed by atoms with Gasteiger partial charge in [0.1, 0.15) is 0 Å². The lowest BCUT2D eigenvalue weighted by molar-refractivity contribution is 0.336. The van der Waals surface area contributed by atoms with E-state index in [1.165, 1.54) is 36.9 Å². The van der Waals surface area contributed by atoms with Gasteiger partial charge in [-0.05, 0) is 43.9 Å². The number of nitrogens with one attached hydrogen (secondary N) is 1. The smallest absolute Gasteiger partial charge is 0.0414 e. The van der Waals surface area contributed by atoms with Gasteiger partial charge in [0.05, 0.1) is 0 Å². The Kier molecular flexibility index (Phi) is 5.47. The van der Waals surface area contributed by atoms with Gasteiger partial charge in [0.15, 0.2) is 0 Å². The molecule has 0 spiro atoms. The first-order chi connectivity index (χ1) is 9.63. The van der Waals surface area contributed by atoms with E-state index in [1.54, 1.807) is 0 Å². The third-order valence-electron chi connectivity index (χ3n) is 4.75. The third-order valence-corrected chi connectivity index (χ3v) is 4.75. The molecule has 112 valence electrons. The summed E-state index contributed by atoms with van der Waals surface area (Å²) in [6, 6.07) is 9.99. The Morgan fingerprint density at radius 3 is 2.75 bits per heavy atom. The molecule has 0 heterocycles. The van der Waals surface area contributed by atoms with Crippen LogP contribution in [0.15, 0.2) is 24.3 Å². The maximum absolute atomic E-state index is 3.54. The van der Waals surface area contributed by atoms with E-state index in [9.17, 15) is 0 Å². The van der Waals surface area contributed by atoms with Crippen molar-refractivity contribution in [1.29, 1.82) is 0 Å². The van der Waals surface area contributed by atoms with Gasteiger partial charge in [0, 0.05) is 24.8 Å². The maximum atomic E-state index is 3.54. The van der Waals surface area contributed by atoms with Gasteiger partial charge < -0.3 is 10.2 Å². The van der Waals surface area contributed by atoms with Gasteiger partial charge in [-0.2, -0.15) is 0 Å². The number of hydrogen-bond donors (Lipinski definition) is 1. The minimum Gasteiger partial charge on any atom is -0.371 e. The molecule has 0 aromatic heterocycles. The standard InChI is InChI=1S/C18H30N2/c1-5-19-15(3)17-11-6-7-12-18(17)20(4)16-10-8-9-14(2)13-16/h6-7,11-12,14-16,19H,5,8-10,13H2,1-4H3. The second kappa shape index (κ2) is 7.12. The molecular weight excluding hydrogens is 244 g/mol. The minimum atomic E-state index is 0.416. The van der Waals surface area contributed by atoms with Crippen LogP contribution in [0.1, 0.15) is 58.1 Å². The largest absolute Gasteiger partial charge is 0.371 e. The van der Waals surface area contributed by atoms with Gasteiger partial charge in [-0.15, -0.1) is 0 Å². The molecule has 1 aromatic carbocycles. The Morgan fingerprint density at radius 2 is 2.05 bits per heavy atom. The fourth-order valence-corrected chi connectivity index (χ4v) is 3.54. The van der Waals surface area contributed by atoms with Crippen LogP contribution in [0.2, 0.25) is 0 Å². The van der Waals surface area contributed by atoms with Crippen molar-refractivity contribution in [2.45, 2.75) is 58.5 Å². The lowest BCUT2D eigenvalue weighted by Crippen LogP contribution is -2.36. The van der Waals surface area contributed by atoms with Crippen LogP contribution in [-0.2, 0) is 0 Å². The van der Waals surface area contributed by atoms with Gasteiger partial charge >= 0.3 is 0 Å². The number of para-hydroxylation sites is 1. The molecule has 2 heteroatoms. The molecule has 3 unspecified atom stereocenters. The van der Waals surface area contributed by atoms with E-state index in [2.05, 4.69) is 62.3 Å². The second-order valence-electron chi connectivity index (χ2n) is 6.37. The summed E-state index contributed by atoms with van der Waals surface area (Å²) in [6.07, 6.45) is 5.45. The molecule has 3 atom stereocenters. The molecule has 0 saturated heterocycles. The maximum Gasteiger partial charge on any atom is 0.0414 e. The molecule has 0 bridgehead atoms. The highest BCUT2D eigenvalue weighted by molar-refractivity contribution is 5.55. The van der Waals surface area contributed by atoms with Gasteiger partial charge in [-0.3, -0.25) is 0 Å². The fourth-order valence-electron chi connectivity index (χ4n) is 3.54. The summed E-state index contributed by atoms with van der Waals surface area (Å²) >= 11 is 0. The van der Waals surface area contributed by atoms with E-state index in [1.807, 2.05) is 0 Å². The van der Waals surface area contributed by atoms with Crippen molar-refractivity contribution in [2.24, 2.45) is 5.92 Å². The molecule has 1 aliphatic rings. The summed E-state index contributed by atoms with van der Waals surface area (Å²) in [4.78, 5) is 2.53. The van der Waals surface area contributed by atoms with Gasteiger partial charge in [-0.25, -0.2) is 0 Å². The van der Waals surface area contributed by atoms with Crippen molar-refractivity contribution in [3.8, 4) is 0 Å². The molecule has 0 radical (unpaired) electrons. The van der Waals surface area contributed by atoms with E-state index >= 15 is 0 Å². The average Bonchev–Trinajstić information content (AvgIpc) is 2.47. The Balaban J connectivity index is 2.18. The lowest BCUT2D eigenvalue weighted by Gasteiger charge is -2.37. The fraction of sp³-hybridized carbons (Fsp3) is 0.667. The van der Waals surface area contributed by atoms with E-state index in [0.717, 1.165) is 12.5 Å². The van der Waals surface area contributed by atoms with Gasteiger partial charge in [0.2, 0.25) is 0 Å². The molecule has 20 heavy (non-hydrogen) atoms. The third kappa shape index (κ3) is 3.54. The number of nitrogens with zero attached hydrogens (tertiary/aromatic N) is 1. The number of rotatable bonds is 5. The number of benzene rings is 1. The van der Waals surface area contributed by atoms with Crippen LogP contribution < -0.4 is 10.2 Å². The number of anilines is 1. The van der Waals surface area contributed by atoms with Gasteiger partial charge in [0.25, 0.3) is 0 Å². The van der Waals surface area contributed by atoms with E-state index in [-0.39, 0.29) is 0 Å². The predicted octanol–water partition coefficient (Wildman–Crippen LogP) is 4.37. The summed E-state index contributed by atoms with van der Waals surface area (Å²) in [7, 11) is 2.28. The first-order valence-electron chi connectivity index (χ1n) is 8.18. The molecule has 1 fully saturated rings. The van der Waals surface area contributed by atoms with Crippen LogP contribution in [0.4, 0.5) is 5.69 Å². The topological polar surface area (TPSA) is 15.3 Å². The van der Waals surface area contributed by atoms with Crippen molar-refractivity contribution in [3.05, 3.63) is 29.8 Å².